The highest BCUT2D eigenvalue weighted by molar-refractivity contribution is 5.36. The molecule has 1 aromatic carbocycles. The van der Waals surface area contributed by atoms with E-state index in [1.165, 1.54) is 5.56 Å². The molecule has 0 saturated heterocycles. The standard InChI is InChI=1S/C15H22FN/c1-4-11-9-17-14(8-10(2)3)12-6-5-7-13(16)15(11)12/h5-7,10-11,14,17H,4,8-9H2,1-3H3. The Hall–Kier alpha value is -0.890. The average molecular weight is 235 g/mol. The van der Waals surface area contributed by atoms with Crippen LogP contribution in [0.1, 0.15) is 56.7 Å². The average Bonchev–Trinajstić information content (AvgIpc) is 2.29. The van der Waals surface area contributed by atoms with Gasteiger partial charge in [0.2, 0.25) is 0 Å². The van der Waals surface area contributed by atoms with Crippen molar-refractivity contribution in [1.29, 1.82) is 0 Å². The molecular formula is C15H22FN. The number of fused-ring (bicyclic) bond motifs is 1. The van der Waals surface area contributed by atoms with Gasteiger partial charge in [0, 0.05) is 12.6 Å². The normalized spacial score (nSPS) is 23.8. The number of hydrogen-bond acceptors (Lipinski definition) is 1. The van der Waals surface area contributed by atoms with Gasteiger partial charge in [-0.25, -0.2) is 4.39 Å². The van der Waals surface area contributed by atoms with Crippen LogP contribution in [0.5, 0.6) is 0 Å². The molecule has 94 valence electrons. The summed E-state index contributed by atoms with van der Waals surface area (Å²) in [6, 6.07) is 5.84. The summed E-state index contributed by atoms with van der Waals surface area (Å²) in [5.74, 6) is 0.931. The summed E-state index contributed by atoms with van der Waals surface area (Å²) in [4.78, 5) is 0. The topological polar surface area (TPSA) is 12.0 Å². The Labute approximate surface area is 103 Å². The first kappa shape index (κ1) is 12.6. The van der Waals surface area contributed by atoms with Crippen LogP contribution in [0, 0.1) is 11.7 Å². The van der Waals surface area contributed by atoms with Crippen LogP contribution in [0.15, 0.2) is 18.2 Å². The van der Waals surface area contributed by atoms with Crippen LogP contribution in [-0.2, 0) is 0 Å². The molecule has 1 nitrogen and oxygen atoms in total. The van der Waals surface area contributed by atoms with Gasteiger partial charge in [-0.1, -0.05) is 32.9 Å². The van der Waals surface area contributed by atoms with Crippen LogP contribution in [0.3, 0.4) is 0 Å². The molecule has 2 rings (SSSR count). The molecule has 1 aliphatic heterocycles. The Morgan fingerprint density at radius 3 is 2.82 bits per heavy atom. The largest absolute Gasteiger partial charge is 0.309 e. The molecule has 0 radical (unpaired) electrons. The first-order valence-electron chi connectivity index (χ1n) is 6.65. The highest BCUT2D eigenvalue weighted by Crippen LogP contribution is 2.36. The van der Waals surface area contributed by atoms with Gasteiger partial charge in [-0.05, 0) is 41.9 Å². The van der Waals surface area contributed by atoms with Crippen molar-refractivity contribution in [3.8, 4) is 0 Å². The van der Waals surface area contributed by atoms with Crippen LogP contribution in [0.2, 0.25) is 0 Å². The Balaban J connectivity index is 2.37. The summed E-state index contributed by atoms with van der Waals surface area (Å²) in [5.41, 5.74) is 2.14. The molecule has 1 N–H and O–H groups in total. The van der Waals surface area contributed by atoms with Crippen molar-refractivity contribution in [3.05, 3.63) is 35.1 Å². The fraction of sp³-hybridized carbons (Fsp3) is 0.600. The van der Waals surface area contributed by atoms with Gasteiger partial charge in [-0.2, -0.15) is 0 Å². The molecule has 0 spiro atoms. The Kier molecular flexibility index (Phi) is 3.82. The predicted molar refractivity (Wildman–Crippen MR) is 69.6 cm³/mol. The van der Waals surface area contributed by atoms with Gasteiger partial charge in [-0.3, -0.25) is 0 Å². The van der Waals surface area contributed by atoms with Crippen molar-refractivity contribution in [1.82, 2.24) is 5.32 Å². The molecule has 2 heteroatoms. The van der Waals surface area contributed by atoms with Gasteiger partial charge in [0.05, 0.1) is 0 Å². The van der Waals surface area contributed by atoms with E-state index in [4.69, 9.17) is 0 Å². The molecule has 2 unspecified atom stereocenters. The van der Waals surface area contributed by atoms with Crippen LogP contribution in [0.25, 0.3) is 0 Å². The maximum atomic E-state index is 14.0. The van der Waals surface area contributed by atoms with E-state index in [2.05, 4.69) is 32.2 Å². The molecule has 1 aromatic rings. The van der Waals surface area contributed by atoms with Crippen LogP contribution >= 0.6 is 0 Å². The quantitative estimate of drug-likeness (QED) is 0.834. The van der Waals surface area contributed by atoms with Crippen molar-refractivity contribution in [3.63, 3.8) is 0 Å². The van der Waals surface area contributed by atoms with E-state index in [1.54, 1.807) is 6.07 Å². The van der Waals surface area contributed by atoms with Crippen molar-refractivity contribution >= 4 is 0 Å². The third-order valence-corrected chi connectivity index (χ3v) is 3.68. The maximum absolute atomic E-state index is 14.0. The van der Waals surface area contributed by atoms with Gasteiger partial charge in [-0.15, -0.1) is 0 Å². The van der Waals surface area contributed by atoms with Crippen LogP contribution in [-0.4, -0.2) is 6.54 Å². The lowest BCUT2D eigenvalue weighted by Crippen LogP contribution is -2.34. The maximum Gasteiger partial charge on any atom is 0.127 e. The number of benzene rings is 1. The van der Waals surface area contributed by atoms with Gasteiger partial charge in [0.1, 0.15) is 5.82 Å². The first-order chi connectivity index (χ1) is 8.13. The minimum absolute atomic E-state index is 0.0235. The number of rotatable bonds is 3. The van der Waals surface area contributed by atoms with Crippen molar-refractivity contribution in [2.75, 3.05) is 6.54 Å². The summed E-state index contributed by atoms with van der Waals surface area (Å²) in [6.07, 6.45) is 2.07. The lowest BCUT2D eigenvalue weighted by atomic mass is 9.82. The minimum Gasteiger partial charge on any atom is -0.309 e. The van der Waals surface area contributed by atoms with Gasteiger partial charge in [0.25, 0.3) is 0 Å². The third kappa shape index (κ3) is 2.52. The van der Waals surface area contributed by atoms with E-state index in [0.717, 1.165) is 24.9 Å². The van der Waals surface area contributed by atoms with Crippen molar-refractivity contribution < 1.29 is 4.39 Å². The van der Waals surface area contributed by atoms with E-state index < -0.39 is 0 Å². The molecule has 0 aliphatic carbocycles. The van der Waals surface area contributed by atoms with E-state index in [0.29, 0.717) is 17.9 Å². The zero-order valence-electron chi connectivity index (χ0n) is 11.0. The zero-order valence-corrected chi connectivity index (χ0v) is 11.0. The molecular weight excluding hydrogens is 213 g/mol. The highest BCUT2D eigenvalue weighted by Gasteiger charge is 2.28. The fourth-order valence-corrected chi connectivity index (χ4v) is 2.81. The van der Waals surface area contributed by atoms with Gasteiger partial charge < -0.3 is 5.32 Å². The molecule has 17 heavy (non-hydrogen) atoms. The lowest BCUT2D eigenvalue weighted by molar-refractivity contribution is 0.377. The zero-order chi connectivity index (χ0) is 12.4. The van der Waals surface area contributed by atoms with Crippen LogP contribution < -0.4 is 5.32 Å². The number of hydrogen-bond donors (Lipinski definition) is 1. The molecule has 1 heterocycles. The molecule has 0 aromatic heterocycles. The third-order valence-electron chi connectivity index (χ3n) is 3.68. The number of halogens is 1. The van der Waals surface area contributed by atoms with Gasteiger partial charge >= 0.3 is 0 Å². The monoisotopic (exact) mass is 235 g/mol. The fourth-order valence-electron chi connectivity index (χ4n) is 2.81. The molecule has 0 amide bonds. The number of nitrogens with one attached hydrogen (secondary N) is 1. The lowest BCUT2D eigenvalue weighted by Gasteiger charge is -2.33. The summed E-state index contributed by atoms with van der Waals surface area (Å²) >= 11 is 0. The summed E-state index contributed by atoms with van der Waals surface area (Å²) in [7, 11) is 0. The SMILES string of the molecule is CCC1CNC(CC(C)C)c2cccc(F)c21. The highest BCUT2D eigenvalue weighted by atomic mass is 19.1. The van der Waals surface area contributed by atoms with E-state index in [9.17, 15) is 4.39 Å². The van der Waals surface area contributed by atoms with Crippen LogP contribution in [0.4, 0.5) is 4.39 Å². The predicted octanol–water partition coefficient (Wildman–Crippen LogP) is 4.01. The Bertz CT molecular complexity index is 387. The second-order valence-corrected chi connectivity index (χ2v) is 5.44. The molecule has 0 fully saturated rings. The van der Waals surface area contributed by atoms with Crippen molar-refractivity contribution in [2.45, 2.75) is 45.6 Å². The van der Waals surface area contributed by atoms with E-state index in [1.807, 2.05) is 6.07 Å². The van der Waals surface area contributed by atoms with Crippen molar-refractivity contribution in [2.24, 2.45) is 5.92 Å². The smallest absolute Gasteiger partial charge is 0.127 e. The Morgan fingerprint density at radius 2 is 2.18 bits per heavy atom. The summed E-state index contributed by atoms with van der Waals surface area (Å²) < 4.78 is 14.0. The summed E-state index contributed by atoms with van der Waals surface area (Å²) in [6.45, 7) is 7.46. The molecule has 1 aliphatic rings. The molecule has 0 bridgehead atoms. The molecule has 0 saturated carbocycles. The second-order valence-electron chi connectivity index (χ2n) is 5.44. The summed E-state index contributed by atoms with van der Waals surface area (Å²) in [5, 5.41) is 3.57. The Morgan fingerprint density at radius 1 is 1.41 bits per heavy atom. The second kappa shape index (κ2) is 5.18. The first-order valence-corrected chi connectivity index (χ1v) is 6.65. The molecule has 2 atom stereocenters. The van der Waals surface area contributed by atoms with Gasteiger partial charge in [0.15, 0.2) is 0 Å². The minimum atomic E-state index is -0.0235. The van der Waals surface area contributed by atoms with E-state index in [-0.39, 0.29) is 5.82 Å². The van der Waals surface area contributed by atoms with E-state index >= 15 is 0 Å².